The molecule has 90 valence electrons. The zero-order valence-electron chi connectivity index (χ0n) is 11.1. The Bertz CT molecular complexity index is 318. The van der Waals surface area contributed by atoms with Gasteiger partial charge in [-0.1, -0.05) is 38.0 Å². The lowest BCUT2D eigenvalue weighted by Gasteiger charge is -2.34. The Morgan fingerprint density at radius 2 is 2.12 bits per heavy atom. The summed E-state index contributed by atoms with van der Waals surface area (Å²) < 4.78 is 0. The summed E-state index contributed by atoms with van der Waals surface area (Å²) in [7, 11) is 0. The lowest BCUT2D eigenvalue weighted by molar-refractivity contribution is -0.114. The highest BCUT2D eigenvalue weighted by atomic mass is 16.1. The minimum Gasteiger partial charge on any atom is -0.295 e. The smallest absolute Gasteiger partial charge is 0.155 e. The Labute approximate surface area is 99.6 Å². The normalized spacial score (nSPS) is 20.5. The Morgan fingerprint density at radius 3 is 2.69 bits per heavy atom. The zero-order chi connectivity index (χ0) is 12.2. The van der Waals surface area contributed by atoms with Crippen molar-refractivity contribution in [2.45, 2.75) is 59.8 Å². The van der Waals surface area contributed by atoms with Crippen molar-refractivity contribution in [2.24, 2.45) is 5.41 Å². The van der Waals surface area contributed by atoms with Gasteiger partial charge in [0.05, 0.1) is 0 Å². The summed E-state index contributed by atoms with van der Waals surface area (Å²) in [4.78, 5) is 11.2. The van der Waals surface area contributed by atoms with Crippen LogP contribution in [0.25, 0.3) is 0 Å². The Hall–Kier alpha value is -0.850. The molecule has 1 nitrogen and oxygen atoms in total. The van der Waals surface area contributed by atoms with Crippen LogP contribution in [0.2, 0.25) is 0 Å². The van der Waals surface area contributed by atoms with Crippen LogP contribution in [0, 0.1) is 5.41 Å². The molecule has 0 spiro atoms. The fourth-order valence-electron chi connectivity index (χ4n) is 2.55. The van der Waals surface area contributed by atoms with E-state index >= 15 is 0 Å². The van der Waals surface area contributed by atoms with E-state index in [-0.39, 0.29) is 5.78 Å². The summed E-state index contributed by atoms with van der Waals surface area (Å²) in [6, 6.07) is 0. The third-order valence-electron chi connectivity index (χ3n) is 3.66. The van der Waals surface area contributed by atoms with Crippen LogP contribution in [0.15, 0.2) is 23.3 Å². The van der Waals surface area contributed by atoms with E-state index in [2.05, 4.69) is 20.8 Å². The molecule has 0 saturated heterocycles. The predicted octanol–water partition coefficient (Wildman–Crippen LogP) is 4.44. The topological polar surface area (TPSA) is 17.1 Å². The highest BCUT2D eigenvalue weighted by Crippen LogP contribution is 2.41. The van der Waals surface area contributed by atoms with Gasteiger partial charge in [-0.2, -0.15) is 0 Å². The van der Waals surface area contributed by atoms with Gasteiger partial charge in [-0.25, -0.2) is 0 Å². The summed E-state index contributed by atoms with van der Waals surface area (Å²) in [5.41, 5.74) is 3.39. The molecule has 0 heterocycles. The molecule has 1 aliphatic rings. The molecule has 16 heavy (non-hydrogen) atoms. The number of carbonyl (C=O) groups excluding carboxylic acids is 1. The van der Waals surface area contributed by atoms with Gasteiger partial charge >= 0.3 is 0 Å². The maximum atomic E-state index is 11.2. The van der Waals surface area contributed by atoms with Crippen molar-refractivity contribution < 1.29 is 4.79 Å². The molecule has 1 aliphatic carbocycles. The van der Waals surface area contributed by atoms with Crippen LogP contribution in [0.3, 0.4) is 0 Å². The summed E-state index contributed by atoms with van der Waals surface area (Å²) in [5.74, 6) is 0.229. The number of hydrogen-bond donors (Lipinski definition) is 0. The first-order chi connectivity index (χ1) is 7.47. The molecule has 1 heteroatoms. The van der Waals surface area contributed by atoms with Crippen molar-refractivity contribution in [3.8, 4) is 0 Å². The van der Waals surface area contributed by atoms with E-state index in [0.29, 0.717) is 11.8 Å². The van der Waals surface area contributed by atoms with Crippen LogP contribution in [0.4, 0.5) is 0 Å². The SMILES string of the molecule is CCC(=O)C=CCC1=C(C)CCCC1(C)C. The first-order valence-corrected chi connectivity index (χ1v) is 6.36. The first kappa shape index (κ1) is 13.2. The minimum absolute atomic E-state index is 0.229. The van der Waals surface area contributed by atoms with E-state index in [0.717, 1.165) is 6.42 Å². The van der Waals surface area contributed by atoms with Crippen molar-refractivity contribution in [1.29, 1.82) is 0 Å². The Morgan fingerprint density at radius 1 is 1.44 bits per heavy atom. The lowest BCUT2D eigenvalue weighted by Crippen LogP contribution is -2.20. The molecule has 0 fully saturated rings. The second-order valence-corrected chi connectivity index (χ2v) is 5.42. The van der Waals surface area contributed by atoms with Crippen molar-refractivity contribution >= 4 is 5.78 Å². The van der Waals surface area contributed by atoms with Crippen molar-refractivity contribution in [3.63, 3.8) is 0 Å². The molecular formula is C15H24O. The van der Waals surface area contributed by atoms with Gasteiger partial charge < -0.3 is 0 Å². The van der Waals surface area contributed by atoms with Gasteiger partial charge in [0.25, 0.3) is 0 Å². The fourth-order valence-corrected chi connectivity index (χ4v) is 2.55. The molecule has 0 radical (unpaired) electrons. The average molecular weight is 220 g/mol. The number of allylic oxidation sites excluding steroid dienone is 4. The molecule has 0 unspecified atom stereocenters. The highest BCUT2D eigenvalue weighted by molar-refractivity contribution is 5.89. The number of rotatable bonds is 4. The molecule has 0 aromatic carbocycles. The van der Waals surface area contributed by atoms with Gasteiger partial charge in [-0.05, 0) is 44.1 Å². The quantitative estimate of drug-likeness (QED) is 0.505. The van der Waals surface area contributed by atoms with Crippen molar-refractivity contribution in [1.82, 2.24) is 0 Å². The summed E-state index contributed by atoms with van der Waals surface area (Å²) in [6.07, 6.45) is 9.15. The highest BCUT2D eigenvalue weighted by Gasteiger charge is 2.27. The number of carbonyl (C=O) groups is 1. The van der Waals surface area contributed by atoms with Gasteiger partial charge in [-0.3, -0.25) is 4.79 Å². The zero-order valence-corrected chi connectivity index (χ0v) is 11.1. The van der Waals surface area contributed by atoms with Crippen molar-refractivity contribution in [2.75, 3.05) is 0 Å². The third-order valence-corrected chi connectivity index (χ3v) is 3.66. The van der Waals surface area contributed by atoms with Gasteiger partial charge in [-0.15, -0.1) is 0 Å². The lowest BCUT2D eigenvalue weighted by atomic mass is 9.71. The average Bonchev–Trinajstić information content (AvgIpc) is 2.21. The van der Waals surface area contributed by atoms with Crippen LogP contribution < -0.4 is 0 Å². The summed E-state index contributed by atoms with van der Waals surface area (Å²) in [5, 5.41) is 0. The Kier molecular flexibility index (Phi) is 4.52. The van der Waals surface area contributed by atoms with Gasteiger partial charge in [0.1, 0.15) is 0 Å². The van der Waals surface area contributed by atoms with E-state index in [1.165, 1.54) is 24.8 Å². The van der Waals surface area contributed by atoms with Crippen LogP contribution >= 0.6 is 0 Å². The molecule has 0 aliphatic heterocycles. The van der Waals surface area contributed by atoms with Crippen LogP contribution in [-0.4, -0.2) is 5.78 Å². The van der Waals surface area contributed by atoms with Crippen LogP contribution in [0.5, 0.6) is 0 Å². The molecule has 0 saturated carbocycles. The maximum Gasteiger partial charge on any atom is 0.155 e. The molecule has 1 rings (SSSR count). The maximum absolute atomic E-state index is 11.2. The molecule has 0 aromatic rings. The van der Waals surface area contributed by atoms with E-state index in [1.807, 2.05) is 13.0 Å². The molecule has 0 bridgehead atoms. The minimum atomic E-state index is 0.229. The second kappa shape index (κ2) is 5.47. The van der Waals surface area contributed by atoms with Crippen LogP contribution in [0.1, 0.15) is 59.8 Å². The second-order valence-electron chi connectivity index (χ2n) is 5.42. The van der Waals surface area contributed by atoms with E-state index < -0.39 is 0 Å². The number of hydrogen-bond acceptors (Lipinski definition) is 1. The van der Waals surface area contributed by atoms with Crippen LogP contribution in [-0.2, 0) is 4.79 Å². The third kappa shape index (κ3) is 3.33. The molecular weight excluding hydrogens is 196 g/mol. The Balaban J connectivity index is 2.71. The standard InChI is InChI=1S/C15H24O/c1-5-13(16)9-6-10-14-12(2)8-7-11-15(14,3)4/h6,9H,5,7-8,10-11H2,1-4H3. The van der Waals surface area contributed by atoms with E-state index in [1.54, 1.807) is 11.6 Å². The largest absolute Gasteiger partial charge is 0.295 e. The fraction of sp³-hybridized carbons (Fsp3) is 0.667. The van der Waals surface area contributed by atoms with E-state index in [9.17, 15) is 4.79 Å². The molecule has 0 aromatic heterocycles. The van der Waals surface area contributed by atoms with Gasteiger partial charge in [0.2, 0.25) is 0 Å². The molecule has 0 N–H and O–H groups in total. The molecule has 0 amide bonds. The monoisotopic (exact) mass is 220 g/mol. The van der Waals surface area contributed by atoms with Gasteiger partial charge in [0, 0.05) is 6.42 Å². The van der Waals surface area contributed by atoms with Gasteiger partial charge in [0.15, 0.2) is 5.78 Å². The predicted molar refractivity (Wildman–Crippen MR) is 69.4 cm³/mol. The van der Waals surface area contributed by atoms with E-state index in [4.69, 9.17) is 0 Å². The number of ketones is 1. The summed E-state index contributed by atoms with van der Waals surface area (Å²) >= 11 is 0. The molecule has 0 atom stereocenters. The first-order valence-electron chi connectivity index (χ1n) is 6.36. The summed E-state index contributed by atoms with van der Waals surface area (Å²) in [6.45, 7) is 8.79. The van der Waals surface area contributed by atoms with Crippen molar-refractivity contribution in [3.05, 3.63) is 23.3 Å².